The SMILES string of the molecule is CCCC(OCC)c1ncc(C(=O)OCC)c(CCl)n1. The van der Waals surface area contributed by atoms with Crippen LogP contribution in [0.25, 0.3) is 0 Å². The van der Waals surface area contributed by atoms with E-state index in [0.717, 1.165) is 12.8 Å². The monoisotopic (exact) mass is 300 g/mol. The minimum atomic E-state index is -0.446. The van der Waals surface area contributed by atoms with Crippen LogP contribution in [0.3, 0.4) is 0 Å². The van der Waals surface area contributed by atoms with Crippen LogP contribution in [0.2, 0.25) is 0 Å². The first-order chi connectivity index (χ1) is 9.67. The van der Waals surface area contributed by atoms with Gasteiger partial charge in [-0.05, 0) is 20.3 Å². The van der Waals surface area contributed by atoms with Crippen molar-refractivity contribution in [1.29, 1.82) is 0 Å². The molecule has 0 radical (unpaired) electrons. The number of aromatic nitrogens is 2. The molecule has 0 saturated heterocycles. The molecule has 0 fully saturated rings. The van der Waals surface area contributed by atoms with Gasteiger partial charge in [-0.1, -0.05) is 13.3 Å². The molecule has 0 aromatic carbocycles. The van der Waals surface area contributed by atoms with Gasteiger partial charge < -0.3 is 9.47 Å². The van der Waals surface area contributed by atoms with Gasteiger partial charge in [0.1, 0.15) is 11.7 Å². The number of carbonyl (C=O) groups excluding carboxylic acids is 1. The molecule has 0 amide bonds. The van der Waals surface area contributed by atoms with E-state index in [9.17, 15) is 4.79 Å². The fraction of sp³-hybridized carbons (Fsp3) is 0.643. The van der Waals surface area contributed by atoms with E-state index >= 15 is 0 Å². The van der Waals surface area contributed by atoms with Crippen molar-refractivity contribution < 1.29 is 14.3 Å². The van der Waals surface area contributed by atoms with Crippen LogP contribution in [0.15, 0.2) is 6.20 Å². The van der Waals surface area contributed by atoms with Crippen molar-refractivity contribution in [2.75, 3.05) is 13.2 Å². The first-order valence-electron chi connectivity index (χ1n) is 6.88. The van der Waals surface area contributed by atoms with Gasteiger partial charge in [-0.3, -0.25) is 0 Å². The molecule has 112 valence electrons. The molecule has 1 unspecified atom stereocenters. The zero-order valence-corrected chi connectivity index (χ0v) is 12.9. The van der Waals surface area contributed by atoms with Crippen molar-refractivity contribution in [2.24, 2.45) is 0 Å². The summed E-state index contributed by atoms with van der Waals surface area (Å²) in [5.74, 6) is 0.254. The van der Waals surface area contributed by atoms with E-state index in [2.05, 4.69) is 16.9 Å². The fourth-order valence-corrected chi connectivity index (χ4v) is 2.02. The second-order valence-corrected chi connectivity index (χ2v) is 4.44. The van der Waals surface area contributed by atoms with Crippen LogP contribution >= 0.6 is 11.6 Å². The van der Waals surface area contributed by atoms with E-state index in [-0.39, 0.29) is 12.0 Å². The summed E-state index contributed by atoms with van der Waals surface area (Å²) in [5, 5.41) is 0. The van der Waals surface area contributed by atoms with Gasteiger partial charge in [-0.2, -0.15) is 0 Å². The lowest BCUT2D eigenvalue weighted by Crippen LogP contribution is -2.15. The maximum atomic E-state index is 11.8. The average Bonchev–Trinajstić information content (AvgIpc) is 2.46. The number of halogens is 1. The van der Waals surface area contributed by atoms with Crippen LogP contribution in [0.5, 0.6) is 0 Å². The highest BCUT2D eigenvalue weighted by atomic mass is 35.5. The summed E-state index contributed by atoms with van der Waals surface area (Å²) in [6, 6.07) is 0. The molecule has 0 aliphatic heterocycles. The lowest BCUT2D eigenvalue weighted by molar-refractivity contribution is 0.0479. The molecule has 5 nitrogen and oxygen atoms in total. The number of alkyl halides is 1. The molecule has 6 heteroatoms. The Hall–Kier alpha value is -1.20. The lowest BCUT2D eigenvalue weighted by Gasteiger charge is -2.16. The third-order valence-electron chi connectivity index (χ3n) is 2.71. The van der Waals surface area contributed by atoms with Crippen LogP contribution in [0.4, 0.5) is 0 Å². The molecule has 1 rings (SSSR count). The van der Waals surface area contributed by atoms with Crippen molar-refractivity contribution in [1.82, 2.24) is 9.97 Å². The van der Waals surface area contributed by atoms with Crippen LogP contribution in [-0.4, -0.2) is 29.2 Å². The van der Waals surface area contributed by atoms with Gasteiger partial charge >= 0.3 is 5.97 Å². The largest absolute Gasteiger partial charge is 0.462 e. The van der Waals surface area contributed by atoms with E-state index in [4.69, 9.17) is 21.1 Å². The van der Waals surface area contributed by atoms with Crippen molar-refractivity contribution in [3.05, 3.63) is 23.3 Å². The summed E-state index contributed by atoms with van der Waals surface area (Å²) < 4.78 is 10.6. The highest BCUT2D eigenvalue weighted by Crippen LogP contribution is 2.21. The number of hydrogen-bond donors (Lipinski definition) is 0. The van der Waals surface area contributed by atoms with E-state index in [1.165, 1.54) is 6.20 Å². The third-order valence-corrected chi connectivity index (χ3v) is 2.97. The van der Waals surface area contributed by atoms with Gasteiger partial charge in [-0.15, -0.1) is 11.6 Å². The Morgan fingerprint density at radius 3 is 2.65 bits per heavy atom. The maximum absolute atomic E-state index is 11.8. The number of esters is 1. The molecule has 1 aromatic heterocycles. The number of ether oxygens (including phenoxy) is 2. The molecule has 0 bridgehead atoms. The van der Waals surface area contributed by atoms with Crippen LogP contribution < -0.4 is 0 Å². The van der Waals surface area contributed by atoms with Crippen LogP contribution in [0, 0.1) is 0 Å². The molecule has 0 aliphatic rings. The molecule has 0 saturated carbocycles. The van der Waals surface area contributed by atoms with Crippen molar-refractivity contribution in [3.63, 3.8) is 0 Å². The Kier molecular flexibility index (Phi) is 7.47. The van der Waals surface area contributed by atoms with Gasteiger partial charge in [0.25, 0.3) is 0 Å². The summed E-state index contributed by atoms with van der Waals surface area (Å²) >= 11 is 5.87. The number of nitrogens with zero attached hydrogens (tertiary/aromatic N) is 2. The quantitative estimate of drug-likeness (QED) is 0.544. The number of carbonyl (C=O) groups is 1. The van der Waals surface area contributed by atoms with Crippen LogP contribution in [0.1, 0.15) is 61.6 Å². The zero-order chi connectivity index (χ0) is 15.0. The van der Waals surface area contributed by atoms with E-state index in [1.807, 2.05) is 6.92 Å². The van der Waals surface area contributed by atoms with Gasteiger partial charge in [0.05, 0.1) is 18.2 Å². The van der Waals surface area contributed by atoms with Gasteiger partial charge in [0, 0.05) is 12.8 Å². The van der Waals surface area contributed by atoms with E-state index in [1.54, 1.807) is 6.92 Å². The molecule has 1 atom stereocenters. The Morgan fingerprint density at radius 2 is 2.10 bits per heavy atom. The van der Waals surface area contributed by atoms with Crippen molar-refractivity contribution in [3.8, 4) is 0 Å². The highest BCUT2D eigenvalue weighted by Gasteiger charge is 2.19. The Morgan fingerprint density at radius 1 is 1.35 bits per heavy atom. The Balaban J connectivity index is 3.03. The molecule has 1 aromatic rings. The smallest absolute Gasteiger partial charge is 0.341 e. The first kappa shape index (κ1) is 16.9. The fourth-order valence-electron chi connectivity index (χ4n) is 1.82. The minimum Gasteiger partial charge on any atom is -0.462 e. The second kappa shape index (κ2) is 8.87. The van der Waals surface area contributed by atoms with Crippen molar-refractivity contribution in [2.45, 2.75) is 45.6 Å². The van der Waals surface area contributed by atoms with Crippen LogP contribution in [-0.2, 0) is 15.4 Å². The maximum Gasteiger partial charge on any atom is 0.341 e. The summed E-state index contributed by atoms with van der Waals surface area (Å²) in [6.07, 6.45) is 3.10. The Bertz CT molecular complexity index is 434. The molecule has 0 spiro atoms. The molecule has 0 N–H and O–H groups in total. The van der Waals surface area contributed by atoms with E-state index < -0.39 is 5.97 Å². The van der Waals surface area contributed by atoms with E-state index in [0.29, 0.717) is 30.3 Å². The predicted octanol–water partition coefficient (Wildman–Crippen LogP) is 3.27. The molecule has 0 aliphatic carbocycles. The molecule has 20 heavy (non-hydrogen) atoms. The first-order valence-corrected chi connectivity index (χ1v) is 7.41. The highest BCUT2D eigenvalue weighted by molar-refractivity contribution is 6.17. The summed E-state index contributed by atoms with van der Waals surface area (Å²) in [6.45, 7) is 6.64. The normalized spacial score (nSPS) is 12.2. The summed E-state index contributed by atoms with van der Waals surface area (Å²) in [4.78, 5) is 20.4. The Labute approximate surface area is 124 Å². The second-order valence-electron chi connectivity index (χ2n) is 4.18. The average molecular weight is 301 g/mol. The number of rotatable bonds is 8. The molecular weight excluding hydrogens is 280 g/mol. The third kappa shape index (κ3) is 4.42. The standard InChI is InChI=1S/C14H21ClN2O3/c1-4-7-12(19-5-2)13-16-9-10(11(8-15)17-13)14(18)20-6-3/h9,12H,4-8H2,1-3H3. The lowest BCUT2D eigenvalue weighted by atomic mass is 10.1. The minimum absolute atomic E-state index is 0.134. The predicted molar refractivity (Wildman–Crippen MR) is 76.8 cm³/mol. The van der Waals surface area contributed by atoms with Gasteiger partial charge in [0.2, 0.25) is 0 Å². The zero-order valence-electron chi connectivity index (χ0n) is 12.2. The topological polar surface area (TPSA) is 61.3 Å². The van der Waals surface area contributed by atoms with Gasteiger partial charge in [-0.25, -0.2) is 14.8 Å². The summed E-state index contributed by atoms with van der Waals surface area (Å²) in [7, 11) is 0. The summed E-state index contributed by atoms with van der Waals surface area (Å²) in [5.41, 5.74) is 0.799. The number of hydrogen-bond acceptors (Lipinski definition) is 5. The van der Waals surface area contributed by atoms with Crippen molar-refractivity contribution >= 4 is 17.6 Å². The van der Waals surface area contributed by atoms with Gasteiger partial charge in [0.15, 0.2) is 5.82 Å². The molecule has 1 heterocycles. The molecular formula is C14H21ClN2O3.